The lowest BCUT2D eigenvalue weighted by molar-refractivity contribution is -0.122. The highest BCUT2D eigenvalue weighted by molar-refractivity contribution is 5.76. The molecule has 2 nitrogen and oxygen atoms in total. The number of carbonyl (C=O) groups is 1. The second-order valence-electron chi connectivity index (χ2n) is 2.71. The van der Waals surface area contributed by atoms with E-state index in [9.17, 15) is 18.0 Å². The van der Waals surface area contributed by atoms with Gasteiger partial charge in [0.25, 0.3) is 0 Å². The van der Waals surface area contributed by atoms with Gasteiger partial charge in [-0.3, -0.25) is 4.79 Å². The molecule has 13 heavy (non-hydrogen) atoms. The standard InChI is InChI=1S/C8H12F3NO/c1-2-5(8(12)13)3-4-6(9)7(10)11/h5H,2-4H2,1H3,(H2,12,13). The number of hydrogen-bond donors (Lipinski definition) is 1. The van der Waals surface area contributed by atoms with Crippen LogP contribution in [0.15, 0.2) is 11.9 Å². The zero-order chi connectivity index (χ0) is 10.4. The molecule has 0 aliphatic rings. The first-order valence-corrected chi connectivity index (χ1v) is 3.98. The third-order valence-corrected chi connectivity index (χ3v) is 1.81. The molecule has 0 saturated carbocycles. The van der Waals surface area contributed by atoms with Crippen molar-refractivity contribution in [3.8, 4) is 0 Å². The predicted molar refractivity (Wildman–Crippen MR) is 42.6 cm³/mol. The second-order valence-corrected chi connectivity index (χ2v) is 2.71. The molecule has 5 heteroatoms. The van der Waals surface area contributed by atoms with Gasteiger partial charge >= 0.3 is 6.08 Å². The maximum atomic E-state index is 12.3. The van der Waals surface area contributed by atoms with Crippen LogP contribution < -0.4 is 5.73 Å². The van der Waals surface area contributed by atoms with Crippen LogP contribution in [0.3, 0.4) is 0 Å². The van der Waals surface area contributed by atoms with Gasteiger partial charge in [-0.2, -0.15) is 8.78 Å². The highest BCUT2D eigenvalue weighted by atomic mass is 19.3. The van der Waals surface area contributed by atoms with E-state index in [2.05, 4.69) is 0 Å². The number of allylic oxidation sites excluding steroid dienone is 1. The molecule has 1 unspecified atom stereocenters. The summed E-state index contributed by atoms with van der Waals surface area (Å²) in [5.41, 5.74) is 4.94. The largest absolute Gasteiger partial charge is 0.369 e. The highest BCUT2D eigenvalue weighted by Gasteiger charge is 2.15. The van der Waals surface area contributed by atoms with Crippen LogP contribution in [-0.2, 0) is 4.79 Å². The van der Waals surface area contributed by atoms with Crippen molar-refractivity contribution in [2.75, 3.05) is 0 Å². The molecule has 1 amide bonds. The van der Waals surface area contributed by atoms with Gasteiger partial charge in [0.05, 0.1) is 0 Å². The Labute approximate surface area is 74.6 Å². The molecular weight excluding hydrogens is 183 g/mol. The van der Waals surface area contributed by atoms with Gasteiger partial charge in [-0.05, 0) is 12.8 Å². The lowest BCUT2D eigenvalue weighted by Crippen LogP contribution is -2.22. The zero-order valence-electron chi connectivity index (χ0n) is 7.32. The number of nitrogens with two attached hydrogens (primary N) is 1. The summed E-state index contributed by atoms with van der Waals surface area (Å²) in [6, 6.07) is 0. The van der Waals surface area contributed by atoms with Gasteiger partial charge in [-0.15, -0.1) is 0 Å². The van der Waals surface area contributed by atoms with E-state index < -0.39 is 30.2 Å². The Kier molecular flexibility index (Phi) is 5.18. The third kappa shape index (κ3) is 4.55. The van der Waals surface area contributed by atoms with Crippen molar-refractivity contribution < 1.29 is 18.0 Å². The molecule has 0 rings (SSSR count). The molecule has 0 heterocycles. The minimum absolute atomic E-state index is 0.0367. The van der Waals surface area contributed by atoms with Crippen molar-refractivity contribution in [1.82, 2.24) is 0 Å². The molecule has 0 radical (unpaired) electrons. The maximum Gasteiger partial charge on any atom is 0.301 e. The average Bonchev–Trinajstić information content (AvgIpc) is 2.04. The predicted octanol–water partition coefficient (Wildman–Crippen LogP) is 2.36. The van der Waals surface area contributed by atoms with Gasteiger partial charge in [0.2, 0.25) is 5.91 Å². The van der Waals surface area contributed by atoms with Gasteiger partial charge < -0.3 is 5.73 Å². The van der Waals surface area contributed by atoms with E-state index in [1.165, 1.54) is 0 Å². The summed E-state index contributed by atoms with van der Waals surface area (Å²) in [7, 11) is 0. The zero-order valence-corrected chi connectivity index (χ0v) is 7.32. The Balaban J connectivity index is 4.00. The molecule has 0 aromatic rings. The first kappa shape index (κ1) is 12.0. The van der Waals surface area contributed by atoms with E-state index in [4.69, 9.17) is 5.73 Å². The smallest absolute Gasteiger partial charge is 0.301 e. The molecule has 2 N–H and O–H groups in total. The van der Waals surface area contributed by atoms with Crippen LogP contribution in [-0.4, -0.2) is 5.91 Å². The number of primary amides is 1. The van der Waals surface area contributed by atoms with E-state index in [0.717, 1.165) is 0 Å². The molecule has 0 aromatic heterocycles. The Morgan fingerprint density at radius 3 is 2.23 bits per heavy atom. The number of amides is 1. The molecule has 0 aromatic carbocycles. The molecule has 0 fully saturated rings. The molecule has 0 bridgehead atoms. The first-order valence-electron chi connectivity index (χ1n) is 3.98. The van der Waals surface area contributed by atoms with Crippen molar-refractivity contribution in [1.29, 1.82) is 0 Å². The van der Waals surface area contributed by atoms with E-state index in [1.54, 1.807) is 6.92 Å². The average molecular weight is 195 g/mol. The van der Waals surface area contributed by atoms with Gasteiger partial charge in [-0.1, -0.05) is 6.92 Å². The van der Waals surface area contributed by atoms with Crippen molar-refractivity contribution >= 4 is 5.91 Å². The lowest BCUT2D eigenvalue weighted by atomic mass is 9.99. The van der Waals surface area contributed by atoms with E-state index in [0.29, 0.717) is 6.42 Å². The fraction of sp³-hybridized carbons (Fsp3) is 0.625. The van der Waals surface area contributed by atoms with E-state index in [-0.39, 0.29) is 6.42 Å². The van der Waals surface area contributed by atoms with Crippen LogP contribution in [0.4, 0.5) is 13.2 Å². The van der Waals surface area contributed by atoms with Gasteiger partial charge in [-0.25, -0.2) is 4.39 Å². The van der Waals surface area contributed by atoms with Crippen LogP contribution in [0, 0.1) is 5.92 Å². The molecule has 0 aliphatic carbocycles. The van der Waals surface area contributed by atoms with Crippen molar-refractivity contribution in [2.45, 2.75) is 26.2 Å². The minimum Gasteiger partial charge on any atom is -0.369 e. The molecular formula is C8H12F3NO. The summed E-state index contributed by atoms with van der Waals surface area (Å²) in [6.45, 7) is 1.70. The summed E-state index contributed by atoms with van der Waals surface area (Å²) in [6.07, 6.45) is -2.27. The number of hydrogen-bond acceptors (Lipinski definition) is 1. The summed E-state index contributed by atoms with van der Waals surface area (Å²) >= 11 is 0. The number of carbonyl (C=O) groups excluding carboxylic acids is 1. The number of rotatable bonds is 5. The SMILES string of the molecule is CCC(CCC(F)=C(F)F)C(N)=O. The van der Waals surface area contributed by atoms with Crippen LogP contribution in [0.25, 0.3) is 0 Å². The Hall–Kier alpha value is -1.00. The fourth-order valence-corrected chi connectivity index (χ4v) is 0.943. The van der Waals surface area contributed by atoms with Crippen molar-refractivity contribution in [2.24, 2.45) is 11.7 Å². The summed E-state index contributed by atoms with van der Waals surface area (Å²) in [5, 5.41) is 0. The summed E-state index contributed by atoms with van der Waals surface area (Å²) < 4.78 is 35.4. The van der Waals surface area contributed by atoms with Crippen LogP contribution in [0.5, 0.6) is 0 Å². The molecule has 0 saturated heterocycles. The Morgan fingerprint density at radius 2 is 1.92 bits per heavy atom. The van der Waals surface area contributed by atoms with E-state index in [1.807, 2.05) is 0 Å². The Bertz CT molecular complexity index is 211. The second kappa shape index (κ2) is 5.61. The minimum atomic E-state index is -2.32. The highest BCUT2D eigenvalue weighted by Crippen LogP contribution is 2.19. The maximum absolute atomic E-state index is 12.3. The topological polar surface area (TPSA) is 43.1 Å². The molecule has 1 atom stereocenters. The quantitative estimate of drug-likeness (QED) is 0.718. The molecule has 76 valence electrons. The summed E-state index contributed by atoms with van der Waals surface area (Å²) in [4.78, 5) is 10.6. The monoisotopic (exact) mass is 195 g/mol. The normalized spacial score (nSPS) is 12.3. The van der Waals surface area contributed by atoms with Gasteiger partial charge in [0.1, 0.15) is 0 Å². The van der Waals surface area contributed by atoms with Crippen LogP contribution >= 0.6 is 0 Å². The fourth-order valence-electron chi connectivity index (χ4n) is 0.943. The lowest BCUT2D eigenvalue weighted by Gasteiger charge is -2.08. The van der Waals surface area contributed by atoms with Gasteiger partial charge in [0.15, 0.2) is 5.83 Å². The molecule has 0 spiro atoms. The summed E-state index contributed by atoms with van der Waals surface area (Å²) in [5.74, 6) is -2.56. The van der Waals surface area contributed by atoms with Gasteiger partial charge in [0, 0.05) is 12.3 Å². The number of halogens is 3. The Morgan fingerprint density at radius 1 is 1.38 bits per heavy atom. The first-order chi connectivity index (χ1) is 5.99. The van der Waals surface area contributed by atoms with E-state index >= 15 is 0 Å². The van der Waals surface area contributed by atoms with Crippen LogP contribution in [0.1, 0.15) is 26.2 Å². The van der Waals surface area contributed by atoms with Crippen molar-refractivity contribution in [3.05, 3.63) is 11.9 Å². The molecule has 0 aliphatic heterocycles. The van der Waals surface area contributed by atoms with Crippen molar-refractivity contribution in [3.63, 3.8) is 0 Å². The third-order valence-electron chi connectivity index (χ3n) is 1.81. The van der Waals surface area contributed by atoms with Crippen LogP contribution in [0.2, 0.25) is 0 Å².